The van der Waals surface area contributed by atoms with Crippen molar-refractivity contribution in [1.29, 1.82) is 0 Å². The summed E-state index contributed by atoms with van der Waals surface area (Å²) in [5, 5.41) is 14.2. The van der Waals surface area contributed by atoms with Gasteiger partial charge in [-0.15, -0.1) is 11.3 Å². The Hall–Kier alpha value is -1.00. The van der Waals surface area contributed by atoms with Crippen LogP contribution < -0.4 is 10.1 Å². The largest absolute Gasteiger partial charge is 0.494 e. The molecule has 1 amide bonds. The molecule has 5 nitrogen and oxygen atoms in total. The Labute approximate surface area is 210 Å². The number of hydrogen-bond donors (Lipinski definition) is 2. The number of methoxy groups -OCH3 is 1. The minimum Gasteiger partial charge on any atom is -0.494 e. The highest BCUT2D eigenvalue weighted by atomic mass is 127. The van der Waals surface area contributed by atoms with Gasteiger partial charge in [0.2, 0.25) is 0 Å². The number of carbonyl (C=O) groups excluding carboxylic acids is 1. The number of benzene rings is 2. The Balaban J connectivity index is 2.03. The van der Waals surface area contributed by atoms with E-state index in [1.165, 1.54) is 25.3 Å². The van der Waals surface area contributed by atoms with Crippen LogP contribution in [0.3, 0.4) is 0 Å². The van der Waals surface area contributed by atoms with Gasteiger partial charge in [-0.25, -0.2) is 9.18 Å². The van der Waals surface area contributed by atoms with Crippen LogP contribution in [0.2, 0.25) is 0 Å². The average molecular weight is 749 g/mol. The fraction of sp³-hybridized carbons (Fsp3) is 0.0526. The van der Waals surface area contributed by atoms with Gasteiger partial charge in [-0.2, -0.15) is 0 Å². The molecule has 0 bridgehead atoms. The molecule has 1 aromatic heterocycles. The zero-order chi connectivity index (χ0) is 21.3. The summed E-state index contributed by atoms with van der Waals surface area (Å²) in [4.78, 5) is 24.8. The van der Waals surface area contributed by atoms with Gasteiger partial charge >= 0.3 is 5.97 Å². The zero-order valence-corrected chi connectivity index (χ0v) is 21.8. The van der Waals surface area contributed by atoms with Crippen molar-refractivity contribution in [3.8, 4) is 16.9 Å². The monoisotopic (exact) mass is 749 g/mol. The normalized spacial score (nSPS) is 10.7. The molecule has 0 radical (unpaired) electrons. The van der Waals surface area contributed by atoms with Gasteiger partial charge in [0.05, 0.1) is 19.8 Å². The fourth-order valence-corrected chi connectivity index (χ4v) is 6.19. The summed E-state index contributed by atoms with van der Waals surface area (Å²) < 4.78 is 21.4. The van der Waals surface area contributed by atoms with Gasteiger partial charge < -0.3 is 15.2 Å². The number of carbonyl (C=O) groups is 2. The van der Waals surface area contributed by atoms with Crippen LogP contribution in [0.15, 0.2) is 35.7 Å². The molecular formula is C19H11FI3NO4S. The minimum atomic E-state index is -1.20. The van der Waals surface area contributed by atoms with Crippen molar-refractivity contribution in [3.05, 3.63) is 63.4 Å². The van der Waals surface area contributed by atoms with Crippen molar-refractivity contribution < 1.29 is 23.8 Å². The number of amides is 1. The highest BCUT2D eigenvalue weighted by molar-refractivity contribution is 14.1. The van der Waals surface area contributed by atoms with Crippen LogP contribution in [0.5, 0.6) is 5.75 Å². The van der Waals surface area contributed by atoms with Crippen LogP contribution in [0.4, 0.5) is 9.39 Å². The van der Waals surface area contributed by atoms with E-state index in [2.05, 4.69) is 50.5 Å². The number of aromatic carboxylic acids is 1. The maximum absolute atomic E-state index is 13.6. The molecule has 0 atom stereocenters. The van der Waals surface area contributed by atoms with E-state index < -0.39 is 17.7 Å². The number of hydrogen-bond acceptors (Lipinski definition) is 4. The maximum Gasteiger partial charge on any atom is 0.339 e. The number of anilines is 1. The topological polar surface area (TPSA) is 75.6 Å². The lowest BCUT2D eigenvalue weighted by molar-refractivity contribution is 0.0699. The lowest BCUT2D eigenvalue weighted by atomic mass is 10.0. The van der Waals surface area contributed by atoms with E-state index in [0.717, 1.165) is 18.5 Å². The van der Waals surface area contributed by atoms with Crippen LogP contribution in [0.1, 0.15) is 20.7 Å². The van der Waals surface area contributed by atoms with Crippen LogP contribution in [0.25, 0.3) is 11.1 Å². The average Bonchev–Trinajstić information content (AvgIpc) is 3.09. The molecule has 10 heteroatoms. The second kappa shape index (κ2) is 9.43. The fourth-order valence-electron chi connectivity index (χ4n) is 2.63. The number of carboxylic acid groups (broad SMARTS) is 1. The first-order valence-corrected chi connectivity index (χ1v) is 12.0. The number of halogens is 4. The molecule has 150 valence electrons. The Morgan fingerprint density at radius 1 is 1.17 bits per heavy atom. The molecule has 0 saturated heterocycles. The molecule has 0 spiro atoms. The summed E-state index contributed by atoms with van der Waals surface area (Å²) in [5.74, 6) is -1.53. The van der Waals surface area contributed by atoms with Crippen molar-refractivity contribution in [3.63, 3.8) is 0 Å². The van der Waals surface area contributed by atoms with Crippen molar-refractivity contribution in [1.82, 2.24) is 0 Å². The van der Waals surface area contributed by atoms with Gasteiger partial charge in [-0.05, 0) is 91.5 Å². The molecule has 0 aliphatic carbocycles. The molecule has 0 fully saturated rings. The summed E-state index contributed by atoms with van der Waals surface area (Å²) in [6.45, 7) is 0. The summed E-state index contributed by atoms with van der Waals surface area (Å²) in [7, 11) is 1.53. The Morgan fingerprint density at radius 3 is 2.52 bits per heavy atom. The van der Waals surface area contributed by atoms with Gasteiger partial charge in [-0.3, -0.25) is 4.79 Å². The molecule has 0 unspecified atom stereocenters. The van der Waals surface area contributed by atoms with Crippen LogP contribution in [-0.4, -0.2) is 24.1 Å². The number of carboxylic acids is 1. The Kier molecular flexibility index (Phi) is 7.37. The van der Waals surface area contributed by atoms with E-state index in [0.29, 0.717) is 26.0 Å². The molecule has 3 aromatic rings. The van der Waals surface area contributed by atoms with Gasteiger partial charge in [0.15, 0.2) is 0 Å². The van der Waals surface area contributed by atoms with Crippen LogP contribution in [-0.2, 0) is 0 Å². The summed E-state index contributed by atoms with van der Waals surface area (Å²) >= 11 is 7.37. The van der Waals surface area contributed by atoms with Gasteiger partial charge in [0.1, 0.15) is 22.1 Å². The van der Waals surface area contributed by atoms with E-state index in [4.69, 9.17) is 4.74 Å². The Morgan fingerprint density at radius 2 is 1.90 bits per heavy atom. The lowest BCUT2D eigenvalue weighted by Crippen LogP contribution is -2.16. The quantitative estimate of drug-likeness (QED) is 0.237. The van der Waals surface area contributed by atoms with Crippen molar-refractivity contribution in [2.24, 2.45) is 0 Å². The first kappa shape index (κ1) is 22.7. The highest BCUT2D eigenvalue weighted by Crippen LogP contribution is 2.38. The smallest absolute Gasteiger partial charge is 0.339 e. The molecular weight excluding hydrogens is 738 g/mol. The first-order valence-electron chi connectivity index (χ1n) is 7.88. The third kappa shape index (κ3) is 4.69. The predicted molar refractivity (Wildman–Crippen MR) is 136 cm³/mol. The molecule has 0 saturated carbocycles. The van der Waals surface area contributed by atoms with E-state index in [9.17, 15) is 19.1 Å². The van der Waals surface area contributed by atoms with Gasteiger partial charge in [0, 0.05) is 14.5 Å². The summed E-state index contributed by atoms with van der Waals surface area (Å²) in [6, 6.07) is 7.40. The van der Waals surface area contributed by atoms with Crippen molar-refractivity contribution in [2.45, 2.75) is 0 Å². The molecule has 0 aliphatic rings. The SMILES string of the molecule is COc1c(I)c(I)cc(C(=O)Nc2scc(-c3cccc(F)c3)c2C(=O)O)c1I. The predicted octanol–water partition coefficient (Wildman–Crippen LogP) is 6.33. The zero-order valence-electron chi connectivity index (χ0n) is 14.6. The van der Waals surface area contributed by atoms with E-state index in [-0.39, 0.29) is 10.6 Å². The second-order valence-corrected chi connectivity index (χ2v) is 9.89. The first-order chi connectivity index (χ1) is 13.7. The molecule has 29 heavy (non-hydrogen) atoms. The third-order valence-corrected chi connectivity index (χ3v) is 8.85. The number of rotatable bonds is 5. The van der Waals surface area contributed by atoms with E-state index in [1.54, 1.807) is 17.5 Å². The molecule has 0 aliphatic heterocycles. The van der Waals surface area contributed by atoms with Gasteiger partial charge in [-0.1, -0.05) is 12.1 Å². The van der Waals surface area contributed by atoms with Crippen LogP contribution >= 0.6 is 79.1 Å². The molecule has 2 aromatic carbocycles. The molecule has 3 rings (SSSR count). The highest BCUT2D eigenvalue weighted by Gasteiger charge is 2.24. The second-order valence-electron chi connectivity index (χ2n) is 5.69. The van der Waals surface area contributed by atoms with Crippen LogP contribution in [0, 0.1) is 16.5 Å². The van der Waals surface area contributed by atoms with E-state index in [1.807, 2.05) is 22.6 Å². The minimum absolute atomic E-state index is 0.0730. The van der Waals surface area contributed by atoms with Gasteiger partial charge in [0.25, 0.3) is 5.91 Å². The summed E-state index contributed by atoms with van der Waals surface area (Å²) in [6.07, 6.45) is 0. The lowest BCUT2D eigenvalue weighted by Gasteiger charge is -2.13. The maximum atomic E-state index is 13.6. The number of thiophene rings is 1. The standard InChI is InChI=1S/C19H11FI3NO4S/c1-28-16-14(22)10(6-12(21)15(16)23)17(25)24-18-13(19(26)27)11(7-29-18)8-3-2-4-9(20)5-8/h2-7H,1H3,(H,24,25)(H,26,27). The van der Waals surface area contributed by atoms with Crippen molar-refractivity contribution >= 4 is 96.0 Å². The van der Waals surface area contributed by atoms with E-state index >= 15 is 0 Å². The molecule has 2 N–H and O–H groups in total. The third-order valence-electron chi connectivity index (χ3n) is 3.93. The number of nitrogens with one attached hydrogen (secondary N) is 1. The van der Waals surface area contributed by atoms with Crippen molar-refractivity contribution in [2.75, 3.05) is 12.4 Å². The summed E-state index contributed by atoms with van der Waals surface area (Å²) in [5.41, 5.74) is 1.08. The molecule has 1 heterocycles. The number of ether oxygens (including phenoxy) is 1. The Bertz CT molecular complexity index is 1130.